The average Bonchev–Trinajstić information content (AvgIpc) is 2.55. The number of carbonyl (C=O) groups excluding carboxylic acids is 1. The van der Waals surface area contributed by atoms with Crippen molar-refractivity contribution in [2.45, 2.75) is 19.4 Å². The number of carbonyl (C=O) groups is 1. The Balaban J connectivity index is 1.89. The first-order valence-corrected chi connectivity index (χ1v) is 7.99. The van der Waals surface area contributed by atoms with E-state index in [1.54, 1.807) is 0 Å². The zero-order valence-corrected chi connectivity index (χ0v) is 13.7. The molecule has 0 spiro atoms. The van der Waals surface area contributed by atoms with Gasteiger partial charge in [0.25, 0.3) is 0 Å². The summed E-state index contributed by atoms with van der Waals surface area (Å²) in [5.74, 6) is 0.707. The Hall–Kier alpha value is -2.04. The number of halogens is 1. The van der Waals surface area contributed by atoms with Gasteiger partial charge in [-0.1, -0.05) is 41.9 Å². The van der Waals surface area contributed by atoms with Crippen LogP contribution in [-0.2, 0) is 17.8 Å². The van der Waals surface area contributed by atoms with E-state index < -0.39 is 0 Å². The molecule has 0 fully saturated rings. The first kappa shape index (κ1) is 17.3. The fourth-order valence-electron chi connectivity index (χ4n) is 2.10. The van der Waals surface area contributed by atoms with Gasteiger partial charge >= 0.3 is 0 Å². The van der Waals surface area contributed by atoms with E-state index >= 15 is 0 Å². The van der Waals surface area contributed by atoms with Crippen molar-refractivity contribution in [2.24, 2.45) is 5.73 Å². The molecule has 1 amide bonds. The van der Waals surface area contributed by atoms with E-state index in [1.165, 1.54) is 0 Å². The Labute approximate surface area is 141 Å². The third-order valence-electron chi connectivity index (χ3n) is 3.32. The molecule has 0 unspecified atom stereocenters. The molecule has 0 aliphatic rings. The van der Waals surface area contributed by atoms with Crippen LogP contribution >= 0.6 is 11.6 Å². The number of nitrogens with one attached hydrogen (secondary N) is 1. The number of hydrogen-bond donors (Lipinski definition) is 2. The van der Waals surface area contributed by atoms with Crippen LogP contribution < -0.4 is 15.8 Å². The maximum Gasteiger partial charge on any atom is 0.224 e. The summed E-state index contributed by atoms with van der Waals surface area (Å²) >= 11 is 6.11. The van der Waals surface area contributed by atoms with E-state index in [1.807, 2.05) is 48.5 Å². The second-order valence-corrected chi connectivity index (χ2v) is 5.60. The Morgan fingerprint density at radius 1 is 1.17 bits per heavy atom. The molecule has 3 N–H and O–H groups in total. The Morgan fingerprint density at radius 3 is 2.78 bits per heavy atom. The van der Waals surface area contributed by atoms with E-state index in [0.717, 1.165) is 23.3 Å². The molecule has 0 saturated carbocycles. The number of ether oxygens (including phenoxy) is 1. The number of benzene rings is 2. The lowest BCUT2D eigenvalue weighted by Crippen LogP contribution is -2.27. The van der Waals surface area contributed by atoms with Gasteiger partial charge in [0.15, 0.2) is 0 Å². The molecule has 0 saturated heterocycles. The van der Waals surface area contributed by atoms with Gasteiger partial charge in [-0.15, -0.1) is 0 Å². The lowest BCUT2D eigenvalue weighted by atomic mass is 10.1. The minimum atomic E-state index is -0.0123. The molecule has 5 heteroatoms. The fraction of sp³-hybridized carbons (Fsp3) is 0.278. The number of rotatable bonds is 8. The van der Waals surface area contributed by atoms with Crippen molar-refractivity contribution in [3.8, 4) is 5.75 Å². The van der Waals surface area contributed by atoms with E-state index in [4.69, 9.17) is 22.1 Å². The van der Waals surface area contributed by atoms with Crippen LogP contribution in [0.5, 0.6) is 5.75 Å². The van der Waals surface area contributed by atoms with Crippen molar-refractivity contribution in [1.29, 1.82) is 0 Å². The highest BCUT2D eigenvalue weighted by atomic mass is 35.5. The van der Waals surface area contributed by atoms with Crippen LogP contribution in [0, 0.1) is 0 Å². The third kappa shape index (κ3) is 5.93. The van der Waals surface area contributed by atoms with E-state index in [-0.39, 0.29) is 5.91 Å². The summed E-state index contributed by atoms with van der Waals surface area (Å²) in [6, 6.07) is 15.1. The predicted octanol–water partition coefficient (Wildman–Crippen LogP) is 2.93. The Bertz CT molecular complexity index is 646. The van der Waals surface area contributed by atoms with Gasteiger partial charge in [-0.2, -0.15) is 0 Å². The fourth-order valence-corrected chi connectivity index (χ4v) is 2.29. The molecule has 0 aromatic heterocycles. The van der Waals surface area contributed by atoms with E-state index in [2.05, 4.69) is 5.32 Å². The normalized spacial score (nSPS) is 10.3. The maximum atomic E-state index is 11.8. The van der Waals surface area contributed by atoms with Gasteiger partial charge in [0.1, 0.15) is 12.4 Å². The average molecular weight is 333 g/mol. The SMILES string of the molecule is NCCCNC(=O)Cc1cccc(OCc2ccccc2Cl)c1. The van der Waals surface area contributed by atoms with Crippen LogP contribution in [0.25, 0.3) is 0 Å². The Morgan fingerprint density at radius 2 is 2.00 bits per heavy atom. The Kier molecular flexibility index (Phi) is 6.91. The molecule has 0 radical (unpaired) electrons. The molecule has 0 bridgehead atoms. The van der Waals surface area contributed by atoms with Gasteiger partial charge in [-0.05, 0) is 36.7 Å². The molecule has 2 rings (SSSR count). The first-order chi connectivity index (χ1) is 11.2. The topological polar surface area (TPSA) is 64.3 Å². The summed E-state index contributed by atoms with van der Waals surface area (Å²) < 4.78 is 5.76. The van der Waals surface area contributed by atoms with Crippen molar-refractivity contribution in [3.63, 3.8) is 0 Å². The molecule has 4 nitrogen and oxygen atoms in total. The van der Waals surface area contributed by atoms with Gasteiger partial charge in [-0.3, -0.25) is 4.79 Å². The first-order valence-electron chi connectivity index (χ1n) is 7.61. The third-order valence-corrected chi connectivity index (χ3v) is 3.69. The van der Waals surface area contributed by atoms with Gasteiger partial charge < -0.3 is 15.8 Å². The number of hydrogen-bond acceptors (Lipinski definition) is 3. The summed E-state index contributed by atoms with van der Waals surface area (Å²) in [6.07, 6.45) is 1.11. The van der Waals surface area contributed by atoms with Gasteiger partial charge in [0.2, 0.25) is 5.91 Å². The van der Waals surface area contributed by atoms with Crippen molar-refractivity contribution < 1.29 is 9.53 Å². The van der Waals surface area contributed by atoms with Crippen molar-refractivity contribution >= 4 is 17.5 Å². The minimum absolute atomic E-state index is 0.0123. The standard InChI is InChI=1S/C18H21ClN2O2/c19-17-8-2-1-6-15(17)13-23-16-7-3-5-14(11-16)12-18(22)21-10-4-9-20/h1-3,5-8,11H,4,9-10,12-13,20H2,(H,21,22). The van der Waals surface area contributed by atoms with Crippen molar-refractivity contribution in [2.75, 3.05) is 13.1 Å². The predicted molar refractivity (Wildman–Crippen MR) is 92.6 cm³/mol. The van der Waals surface area contributed by atoms with Crippen molar-refractivity contribution in [3.05, 3.63) is 64.7 Å². The van der Waals surface area contributed by atoms with Gasteiger partial charge in [0, 0.05) is 17.1 Å². The van der Waals surface area contributed by atoms with E-state index in [9.17, 15) is 4.79 Å². The maximum absolute atomic E-state index is 11.8. The molecular formula is C18H21ClN2O2. The molecule has 0 aliphatic carbocycles. The molecule has 2 aromatic rings. The lowest BCUT2D eigenvalue weighted by Gasteiger charge is -2.09. The number of nitrogens with two attached hydrogens (primary N) is 1. The quantitative estimate of drug-likeness (QED) is 0.730. The smallest absolute Gasteiger partial charge is 0.224 e. The summed E-state index contributed by atoms with van der Waals surface area (Å²) in [5, 5.41) is 3.52. The highest BCUT2D eigenvalue weighted by Gasteiger charge is 2.05. The molecule has 2 aromatic carbocycles. The monoisotopic (exact) mass is 332 g/mol. The summed E-state index contributed by atoms with van der Waals surface area (Å²) in [7, 11) is 0. The molecule has 0 aliphatic heterocycles. The molecule has 0 atom stereocenters. The zero-order valence-electron chi connectivity index (χ0n) is 12.9. The van der Waals surface area contributed by atoms with Crippen molar-refractivity contribution in [1.82, 2.24) is 5.32 Å². The van der Waals surface area contributed by atoms with Crippen LogP contribution in [0.2, 0.25) is 5.02 Å². The largest absolute Gasteiger partial charge is 0.489 e. The van der Waals surface area contributed by atoms with Crippen LogP contribution in [0.1, 0.15) is 17.5 Å². The van der Waals surface area contributed by atoms with Gasteiger partial charge in [0.05, 0.1) is 6.42 Å². The summed E-state index contributed by atoms with van der Waals surface area (Å²) in [4.78, 5) is 11.8. The summed E-state index contributed by atoms with van der Waals surface area (Å²) in [5.41, 5.74) is 7.24. The lowest BCUT2D eigenvalue weighted by molar-refractivity contribution is -0.120. The van der Waals surface area contributed by atoms with Crippen LogP contribution in [0.15, 0.2) is 48.5 Å². The highest BCUT2D eigenvalue weighted by molar-refractivity contribution is 6.31. The molecular weight excluding hydrogens is 312 g/mol. The van der Waals surface area contributed by atoms with E-state index in [0.29, 0.717) is 31.1 Å². The van der Waals surface area contributed by atoms with Crippen LogP contribution in [0.3, 0.4) is 0 Å². The zero-order chi connectivity index (χ0) is 16.5. The van der Waals surface area contributed by atoms with Crippen LogP contribution in [-0.4, -0.2) is 19.0 Å². The molecule has 122 valence electrons. The molecule has 23 heavy (non-hydrogen) atoms. The second-order valence-electron chi connectivity index (χ2n) is 5.20. The minimum Gasteiger partial charge on any atom is -0.489 e. The summed E-state index contributed by atoms with van der Waals surface area (Å²) in [6.45, 7) is 1.58. The second kappa shape index (κ2) is 9.18. The highest BCUT2D eigenvalue weighted by Crippen LogP contribution is 2.19. The molecule has 0 heterocycles. The van der Waals surface area contributed by atoms with Crippen LogP contribution in [0.4, 0.5) is 0 Å². The number of amides is 1. The van der Waals surface area contributed by atoms with Gasteiger partial charge in [-0.25, -0.2) is 0 Å².